The summed E-state index contributed by atoms with van der Waals surface area (Å²) >= 11 is 0. The molecule has 0 saturated heterocycles. The molecule has 2 nitrogen and oxygen atoms in total. The molecule has 112 valence electrons. The van der Waals surface area contributed by atoms with Crippen molar-refractivity contribution in [2.75, 3.05) is 20.3 Å². The second kappa shape index (κ2) is 8.60. The van der Waals surface area contributed by atoms with Crippen LogP contribution in [0, 0.1) is 0 Å². The maximum Gasteiger partial charge on any atom is 0.0462 e. The van der Waals surface area contributed by atoms with Gasteiger partial charge in [-0.25, -0.2) is 0 Å². The van der Waals surface area contributed by atoms with Gasteiger partial charge in [0.25, 0.3) is 0 Å². The topological polar surface area (TPSA) is 21.3 Å². The molecule has 0 aliphatic rings. The van der Waals surface area contributed by atoms with Crippen LogP contribution in [0.15, 0.2) is 54.6 Å². The first kappa shape index (κ1) is 15.7. The van der Waals surface area contributed by atoms with Gasteiger partial charge in [-0.15, -0.1) is 0 Å². The van der Waals surface area contributed by atoms with Gasteiger partial charge in [0, 0.05) is 19.8 Å². The summed E-state index contributed by atoms with van der Waals surface area (Å²) in [5.41, 5.74) is 3.89. The lowest BCUT2D eigenvalue weighted by Crippen LogP contribution is -2.21. The van der Waals surface area contributed by atoms with Gasteiger partial charge in [-0.3, -0.25) is 0 Å². The highest BCUT2D eigenvalue weighted by Crippen LogP contribution is 2.24. The third-order valence-corrected chi connectivity index (χ3v) is 3.71. The molecule has 21 heavy (non-hydrogen) atoms. The second-order valence-electron chi connectivity index (χ2n) is 5.23. The van der Waals surface area contributed by atoms with Gasteiger partial charge in [0.1, 0.15) is 0 Å². The smallest absolute Gasteiger partial charge is 0.0462 e. The van der Waals surface area contributed by atoms with Crippen molar-refractivity contribution in [2.24, 2.45) is 0 Å². The molecule has 0 fully saturated rings. The Morgan fingerprint density at radius 3 is 2.24 bits per heavy atom. The van der Waals surface area contributed by atoms with Crippen LogP contribution in [0.4, 0.5) is 0 Å². The Kier molecular flexibility index (Phi) is 6.45. The molecule has 2 aromatic carbocycles. The van der Waals surface area contributed by atoms with Crippen LogP contribution in [0.25, 0.3) is 11.1 Å². The Balaban J connectivity index is 2.08. The van der Waals surface area contributed by atoms with E-state index in [0.717, 1.165) is 26.0 Å². The molecule has 1 N–H and O–H groups in total. The van der Waals surface area contributed by atoms with Crippen LogP contribution in [0.2, 0.25) is 0 Å². The van der Waals surface area contributed by atoms with Crippen LogP contribution in [-0.2, 0) is 4.74 Å². The molecule has 1 atom stereocenters. The number of methoxy groups -OCH3 is 1. The third kappa shape index (κ3) is 4.69. The normalized spacial score (nSPS) is 12.3. The lowest BCUT2D eigenvalue weighted by atomic mass is 9.98. The van der Waals surface area contributed by atoms with Gasteiger partial charge in [0.15, 0.2) is 0 Å². The molecule has 0 bridgehead atoms. The lowest BCUT2D eigenvalue weighted by Gasteiger charge is -2.18. The lowest BCUT2D eigenvalue weighted by molar-refractivity contribution is 0.189. The van der Waals surface area contributed by atoms with Gasteiger partial charge < -0.3 is 10.1 Å². The van der Waals surface area contributed by atoms with Gasteiger partial charge in [-0.1, -0.05) is 61.5 Å². The summed E-state index contributed by atoms with van der Waals surface area (Å²) in [6.07, 6.45) is 2.18. The summed E-state index contributed by atoms with van der Waals surface area (Å²) in [7, 11) is 1.76. The predicted molar refractivity (Wildman–Crippen MR) is 89.4 cm³/mol. The van der Waals surface area contributed by atoms with E-state index < -0.39 is 0 Å². The van der Waals surface area contributed by atoms with E-state index in [-0.39, 0.29) is 0 Å². The maximum atomic E-state index is 5.16. The average molecular weight is 283 g/mol. The number of benzene rings is 2. The highest BCUT2D eigenvalue weighted by Gasteiger charge is 2.10. The van der Waals surface area contributed by atoms with Gasteiger partial charge >= 0.3 is 0 Å². The van der Waals surface area contributed by atoms with Crippen LogP contribution < -0.4 is 5.32 Å². The van der Waals surface area contributed by atoms with Crippen LogP contribution in [0.1, 0.15) is 31.4 Å². The number of hydrogen-bond acceptors (Lipinski definition) is 2. The van der Waals surface area contributed by atoms with Crippen LogP contribution in [0.3, 0.4) is 0 Å². The van der Waals surface area contributed by atoms with Gasteiger partial charge in [0.2, 0.25) is 0 Å². The Hall–Kier alpha value is -1.64. The van der Waals surface area contributed by atoms with E-state index in [4.69, 9.17) is 4.74 Å². The molecule has 0 aromatic heterocycles. The molecule has 0 aliphatic carbocycles. The van der Waals surface area contributed by atoms with Crippen molar-refractivity contribution < 1.29 is 4.74 Å². The Bertz CT molecular complexity index is 507. The highest BCUT2D eigenvalue weighted by molar-refractivity contribution is 5.63. The average Bonchev–Trinajstić information content (AvgIpc) is 2.55. The summed E-state index contributed by atoms with van der Waals surface area (Å²) in [6.45, 7) is 3.96. The fraction of sp³-hybridized carbons (Fsp3) is 0.368. The van der Waals surface area contributed by atoms with Gasteiger partial charge in [-0.05, 0) is 36.1 Å². The molecule has 0 spiro atoms. The molecule has 0 aliphatic heterocycles. The van der Waals surface area contributed by atoms with E-state index in [0.29, 0.717) is 6.04 Å². The van der Waals surface area contributed by atoms with E-state index in [9.17, 15) is 0 Å². The van der Waals surface area contributed by atoms with Crippen molar-refractivity contribution in [2.45, 2.75) is 25.8 Å². The predicted octanol–water partition coefficient (Wildman–Crippen LogP) is 4.43. The fourth-order valence-electron chi connectivity index (χ4n) is 2.60. The zero-order valence-corrected chi connectivity index (χ0v) is 13.0. The number of rotatable bonds is 8. The summed E-state index contributed by atoms with van der Waals surface area (Å²) in [6, 6.07) is 19.8. The molecule has 0 saturated carbocycles. The zero-order chi connectivity index (χ0) is 14.9. The first-order valence-electron chi connectivity index (χ1n) is 7.73. The highest BCUT2D eigenvalue weighted by atomic mass is 16.5. The zero-order valence-electron chi connectivity index (χ0n) is 13.0. The molecular weight excluding hydrogens is 258 g/mol. The maximum absolute atomic E-state index is 5.16. The number of nitrogens with one attached hydrogen (secondary N) is 1. The van der Waals surface area contributed by atoms with Crippen molar-refractivity contribution in [1.29, 1.82) is 0 Å². The Morgan fingerprint density at radius 1 is 0.952 bits per heavy atom. The largest absolute Gasteiger partial charge is 0.385 e. The van der Waals surface area contributed by atoms with Crippen LogP contribution in [0.5, 0.6) is 0 Å². The molecule has 0 heterocycles. The monoisotopic (exact) mass is 283 g/mol. The van der Waals surface area contributed by atoms with Gasteiger partial charge in [-0.2, -0.15) is 0 Å². The molecule has 0 radical (unpaired) electrons. The summed E-state index contributed by atoms with van der Waals surface area (Å²) in [4.78, 5) is 0. The minimum absolute atomic E-state index is 0.412. The first-order chi connectivity index (χ1) is 10.3. The molecule has 1 unspecified atom stereocenters. The van der Waals surface area contributed by atoms with Crippen molar-refractivity contribution in [3.63, 3.8) is 0 Å². The summed E-state index contributed by atoms with van der Waals surface area (Å²) < 4.78 is 5.16. The molecule has 2 aromatic rings. The van der Waals surface area contributed by atoms with E-state index in [1.807, 2.05) is 0 Å². The minimum atomic E-state index is 0.412. The Labute approximate surface area is 128 Å². The standard InChI is InChI=1S/C19H25NO/c1-3-20-19(10-7-15-21-2)18-13-11-17(12-14-18)16-8-5-4-6-9-16/h4-6,8-9,11-14,19-20H,3,7,10,15H2,1-2H3. The van der Waals surface area contributed by atoms with Crippen LogP contribution >= 0.6 is 0 Å². The fourth-order valence-corrected chi connectivity index (χ4v) is 2.60. The summed E-state index contributed by atoms with van der Waals surface area (Å²) in [5, 5.41) is 3.56. The summed E-state index contributed by atoms with van der Waals surface area (Å²) in [5.74, 6) is 0. The molecule has 2 rings (SSSR count). The quantitative estimate of drug-likeness (QED) is 0.724. The number of hydrogen-bond donors (Lipinski definition) is 1. The van der Waals surface area contributed by atoms with E-state index in [2.05, 4.69) is 66.8 Å². The van der Waals surface area contributed by atoms with Gasteiger partial charge in [0.05, 0.1) is 0 Å². The second-order valence-corrected chi connectivity index (χ2v) is 5.23. The number of ether oxygens (including phenoxy) is 1. The van der Waals surface area contributed by atoms with E-state index >= 15 is 0 Å². The third-order valence-electron chi connectivity index (χ3n) is 3.71. The van der Waals surface area contributed by atoms with Crippen molar-refractivity contribution in [3.8, 4) is 11.1 Å². The molecule has 0 amide bonds. The SMILES string of the molecule is CCNC(CCCOC)c1ccc(-c2ccccc2)cc1. The Morgan fingerprint density at radius 2 is 1.62 bits per heavy atom. The van der Waals surface area contributed by atoms with Crippen molar-refractivity contribution in [3.05, 3.63) is 60.2 Å². The molecular formula is C19H25NO. The van der Waals surface area contributed by atoms with Crippen LogP contribution in [-0.4, -0.2) is 20.3 Å². The first-order valence-corrected chi connectivity index (χ1v) is 7.73. The minimum Gasteiger partial charge on any atom is -0.385 e. The van der Waals surface area contributed by atoms with Crippen molar-refractivity contribution in [1.82, 2.24) is 5.32 Å². The van der Waals surface area contributed by atoms with E-state index in [1.54, 1.807) is 7.11 Å². The van der Waals surface area contributed by atoms with E-state index in [1.165, 1.54) is 16.7 Å². The molecule has 2 heteroatoms. The van der Waals surface area contributed by atoms with Crippen molar-refractivity contribution >= 4 is 0 Å².